The van der Waals surface area contributed by atoms with Gasteiger partial charge in [-0.3, -0.25) is 9.59 Å². The average molecular weight is 360 g/mol. The zero-order chi connectivity index (χ0) is 19.2. The number of hydrogen-bond donors (Lipinski definition) is 1. The van der Waals surface area contributed by atoms with E-state index in [2.05, 4.69) is 9.88 Å². The highest BCUT2D eigenvalue weighted by atomic mass is 16.1. The Morgan fingerprint density at radius 2 is 1.59 bits per heavy atom. The van der Waals surface area contributed by atoms with E-state index >= 15 is 0 Å². The van der Waals surface area contributed by atoms with Crippen molar-refractivity contribution in [3.8, 4) is 11.3 Å². The number of aromatic nitrogens is 1. The molecule has 1 aromatic heterocycles. The maximum Gasteiger partial charge on any atom is 0.222 e. The number of benzene rings is 2. The molecule has 4 heteroatoms. The Bertz CT molecular complexity index is 928. The maximum absolute atomic E-state index is 12.3. The molecule has 0 spiro atoms. The molecule has 1 amide bonds. The molecule has 1 heterocycles. The van der Waals surface area contributed by atoms with Crippen LogP contribution in [-0.2, 0) is 17.9 Å². The van der Waals surface area contributed by atoms with Gasteiger partial charge in [-0.15, -0.1) is 0 Å². The molecule has 3 aromatic rings. The molecule has 0 aliphatic carbocycles. The van der Waals surface area contributed by atoms with Crippen LogP contribution in [0.25, 0.3) is 11.3 Å². The summed E-state index contributed by atoms with van der Waals surface area (Å²) in [4.78, 5) is 24.3. The van der Waals surface area contributed by atoms with E-state index in [1.54, 1.807) is 6.92 Å². The number of Topliss-reactive ketones (excluding diaryl/α,β-unsaturated/α-hetero) is 1. The summed E-state index contributed by atoms with van der Waals surface area (Å²) in [5.41, 5.74) is 4.69. The van der Waals surface area contributed by atoms with E-state index in [1.165, 1.54) is 0 Å². The molecule has 0 saturated carbocycles. The molecule has 0 aliphatic heterocycles. The van der Waals surface area contributed by atoms with E-state index in [4.69, 9.17) is 0 Å². The molecular weight excluding hydrogens is 336 g/mol. The molecule has 0 bridgehead atoms. The van der Waals surface area contributed by atoms with Crippen LogP contribution in [0, 0.1) is 6.92 Å². The van der Waals surface area contributed by atoms with Gasteiger partial charge in [-0.1, -0.05) is 60.7 Å². The van der Waals surface area contributed by atoms with Crippen LogP contribution in [-0.4, -0.2) is 16.3 Å². The fourth-order valence-electron chi connectivity index (χ4n) is 3.24. The number of amides is 1. The highest BCUT2D eigenvalue weighted by Gasteiger charge is 2.16. The Labute approximate surface area is 159 Å². The third-order valence-electron chi connectivity index (χ3n) is 4.71. The van der Waals surface area contributed by atoms with E-state index in [0.29, 0.717) is 25.1 Å². The van der Waals surface area contributed by atoms with Crippen molar-refractivity contribution in [3.05, 3.63) is 83.6 Å². The van der Waals surface area contributed by atoms with Gasteiger partial charge in [-0.05, 0) is 31.0 Å². The van der Waals surface area contributed by atoms with Gasteiger partial charge in [0.15, 0.2) is 5.78 Å². The summed E-state index contributed by atoms with van der Waals surface area (Å²) in [5.74, 6) is 0.0345. The van der Waals surface area contributed by atoms with Gasteiger partial charge in [0.05, 0.1) is 0 Å². The Morgan fingerprint density at radius 3 is 2.22 bits per heavy atom. The summed E-state index contributed by atoms with van der Waals surface area (Å²) >= 11 is 0. The van der Waals surface area contributed by atoms with Crippen molar-refractivity contribution < 1.29 is 9.59 Å². The number of ketones is 1. The molecule has 138 valence electrons. The lowest BCUT2D eigenvalue weighted by Gasteiger charge is -2.12. The minimum atomic E-state index is -0.00432. The molecule has 2 aromatic carbocycles. The fraction of sp³-hybridized carbons (Fsp3) is 0.217. The van der Waals surface area contributed by atoms with Crippen molar-refractivity contribution in [2.45, 2.75) is 33.4 Å². The van der Waals surface area contributed by atoms with Crippen LogP contribution in [0.2, 0.25) is 0 Å². The normalized spacial score (nSPS) is 10.6. The Hall–Kier alpha value is -3.14. The van der Waals surface area contributed by atoms with Gasteiger partial charge in [-0.2, -0.15) is 0 Å². The summed E-state index contributed by atoms with van der Waals surface area (Å²) in [6.07, 6.45) is 0.361. The first-order chi connectivity index (χ1) is 13.1. The molecule has 27 heavy (non-hydrogen) atoms. The minimum absolute atomic E-state index is 0.00432. The summed E-state index contributed by atoms with van der Waals surface area (Å²) in [6.45, 7) is 4.57. The Balaban J connectivity index is 1.73. The highest BCUT2D eigenvalue weighted by molar-refractivity contribution is 5.96. The topological polar surface area (TPSA) is 51.1 Å². The van der Waals surface area contributed by atoms with Gasteiger partial charge in [-0.25, -0.2) is 0 Å². The van der Waals surface area contributed by atoms with Gasteiger partial charge in [0, 0.05) is 36.5 Å². The number of carbonyl (C=O) groups is 2. The molecule has 0 atom stereocenters. The number of rotatable bonds is 7. The van der Waals surface area contributed by atoms with Crippen LogP contribution < -0.4 is 5.32 Å². The monoisotopic (exact) mass is 360 g/mol. The third-order valence-corrected chi connectivity index (χ3v) is 4.71. The van der Waals surface area contributed by atoms with Crippen molar-refractivity contribution in [2.75, 3.05) is 0 Å². The second-order valence-electron chi connectivity index (χ2n) is 6.61. The van der Waals surface area contributed by atoms with Crippen LogP contribution in [0.1, 0.15) is 35.0 Å². The quantitative estimate of drug-likeness (QED) is 0.636. The van der Waals surface area contributed by atoms with Gasteiger partial charge in [0.2, 0.25) is 5.91 Å². The molecule has 0 radical (unpaired) electrons. The molecule has 1 N–H and O–H groups in total. The second-order valence-corrected chi connectivity index (χ2v) is 6.61. The van der Waals surface area contributed by atoms with E-state index < -0.39 is 0 Å². The molecule has 0 aliphatic rings. The Kier molecular flexibility index (Phi) is 5.87. The lowest BCUT2D eigenvalue weighted by molar-refractivity contribution is -0.121. The predicted octanol–water partition coefficient (Wildman–Crippen LogP) is 4.37. The molecule has 0 unspecified atom stereocenters. The van der Waals surface area contributed by atoms with Crippen molar-refractivity contribution in [1.82, 2.24) is 9.88 Å². The zero-order valence-electron chi connectivity index (χ0n) is 15.7. The Morgan fingerprint density at radius 1 is 0.963 bits per heavy atom. The number of carbonyl (C=O) groups excluding carboxylic acids is 2. The lowest BCUT2D eigenvalue weighted by Crippen LogP contribution is -2.24. The minimum Gasteiger partial charge on any atom is -0.352 e. The summed E-state index contributed by atoms with van der Waals surface area (Å²) in [6, 6.07) is 21.7. The number of nitrogens with zero attached hydrogens (tertiary/aromatic N) is 1. The molecule has 0 fully saturated rings. The number of nitrogens with one attached hydrogen (secondary N) is 1. The van der Waals surface area contributed by atoms with Gasteiger partial charge < -0.3 is 9.88 Å². The maximum atomic E-state index is 12.3. The highest BCUT2D eigenvalue weighted by Crippen LogP contribution is 2.26. The smallest absolute Gasteiger partial charge is 0.222 e. The number of hydrogen-bond acceptors (Lipinski definition) is 2. The third kappa shape index (κ3) is 4.53. The molecule has 3 rings (SSSR count). The molecular formula is C23H24N2O2. The first-order valence-electron chi connectivity index (χ1n) is 9.13. The van der Waals surface area contributed by atoms with Crippen LogP contribution in [0.5, 0.6) is 0 Å². The standard InChI is InChI=1S/C23H24N2O2/c1-17-21(18(2)26)15-22(20-11-7-4-8-12-20)25(17)14-13-23(27)24-16-19-9-5-3-6-10-19/h3-12,15H,13-14,16H2,1-2H3,(H,24,27). The zero-order valence-corrected chi connectivity index (χ0v) is 15.7. The van der Waals surface area contributed by atoms with Crippen molar-refractivity contribution in [2.24, 2.45) is 0 Å². The second kappa shape index (κ2) is 8.49. The van der Waals surface area contributed by atoms with Crippen LogP contribution in [0.3, 0.4) is 0 Å². The van der Waals surface area contributed by atoms with Crippen molar-refractivity contribution in [1.29, 1.82) is 0 Å². The first-order valence-corrected chi connectivity index (χ1v) is 9.13. The lowest BCUT2D eigenvalue weighted by atomic mass is 10.1. The predicted molar refractivity (Wildman–Crippen MR) is 108 cm³/mol. The first kappa shape index (κ1) is 18.6. The van der Waals surface area contributed by atoms with Crippen LogP contribution in [0.4, 0.5) is 0 Å². The SMILES string of the molecule is CC(=O)c1cc(-c2ccccc2)n(CCC(=O)NCc2ccccc2)c1C. The molecule has 0 saturated heterocycles. The van der Waals surface area contributed by atoms with E-state index in [0.717, 1.165) is 22.5 Å². The fourth-order valence-corrected chi connectivity index (χ4v) is 3.24. The van der Waals surface area contributed by atoms with Crippen LogP contribution >= 0.6 is 0 Å². The van der Waals surface area contributed by atoms with Crippen molar-refractivity contribution in [3.63, 3.8) is 0 Å². The summed E-state index contributed by atoms with van der Waals surface area (Å²) < 4.78 is 2.06. The summed E-state index contributed by atoms with van der Waals surface area (Å²) in [5, 5.41) is 2.96. The average Bonchev–Trinajstić information content (AvgIpc) is 3.03. The van der Waals surface area contributed by atoms with E-state index in [-0.39, 0.29) is 11.7 Å². The molecule has 4 nitrogen and oxygen atoms in total. The largest absolute Gasteiger partial charge is 0.352 e. The van der Waals surface area contributed by atoms with Gasteiger partial charge >= 0.3 is 0 Å². The summed E-state index contributed by atoms with van der Waals surface area (Å²) in [7, 11) is 0. The van der Waals surface area contributed by atoms with Crippen LogP contribution in [0.15, 0.2) is 66.7 Å². The van der Waals surface area contributed by atoms with Gasteiger partial charge in [0.25, 0.3) is 0 Å². The van der Waals surface area contributed by atoms with E-state index in [1.807, 2.05) is 73.7 Å². The van der Waals surface area contributed by atoms with E-state index in [9.17, 15) is 9.59 Å². The van der Waals surface area contributed by atoms with Crippen molar-refractivity contribution >= 4 is 11.7 Å². The van der Waals surface area contributed by atoms with Gasteiger partial charge in [0.1, 0.15) is 0 Å².